The van der Waals surface area contributed by atoms with Crippen molar-refractivity contribution in [3.8, 4) is 5.75 Å². The zero-order chi connectivity index (χ0) is 19.3. The molecule has 2 rings (SSSR count). The third-order valence-corrected chi connectivity index (χ3v) is 3.93. The highest BCUT2D eigenvalue weighted by Crippen LogP contribution is 2.19. The summed E-state index contributed by atoms with van der Waals surface area (Å²) in [6, 6.07) is 9.63. The van der Waals surface area contributed by atoms with Crippen LogP contribution in [0.15, 0.2) is 42.5 Å². The van der Waals surface area contributed by atoms with Gasteiger partial charge in [0.25, 0.3) is 0 Å². The maximum Gasteiger partial charge on any atom is 0.387 e. The molecule has 0 aliphatic heterocycles. The number of benzene rings is 2. The fourth-order valence-electron chi connectivity index (χ4n) is 2.42. The van der Waals surface area contributed by atoms with Gasteiger partial charge in [-0.15, -0.1) is 0 Å². The molecular weight excluding hydrogens is 344 g/mol. The summed E-state index contributed by atoms with van der Waals surface area (Å²) in [5.74, 6) is -1.66. The van der Waals surface area contributed by atoms with E-state index in [1.165, 1.54) is 24.3 Å². The predicted octanol–water partition coefficient (Wildman–Crippen LogP) is 3.39. The van der Waals surface area contributed by atoms with Gasteiger partial charge in [-0.1, -0.05) is 30.3 Å². The van der Waals surface area contributed by atoms with E-state index in [0.29, 0.717) is 11.1 Å². The predicted molar refractivity (Wildman–Crippen MR) is 91.2 cm³/mol. The van der Waals surface area contributed by atoms with Crippen molar-refractivity contribution in [1.29, 1.82) is 0 Å². The first-order valence-corrected chi connectivity index (χ1v) is 7.89. The Labute approximate surface area is 149 Å². The molecule has 26 heavy (non-hydrogen) atoms. The molecule has 2 aromatic rings. The standard InChI is InChI=1S/C19H19F2NO4/c1-11-3-6-14(9-12(11)2)17(18(24)25)22-16(23)10-13-4-7-15(8-5-13)26-19(20)21/h3-9,17,19H,10H2,1-2H3,(H,22,23)(H,24,25). The molecule has 0 aromatic heterocycles. The van der Waals surface area contributed by atoms with Crippen LogP contribution < -0.4 is 10.1 Å². The molecule has 138 valence electrons. The summed E-state index contributed by atoms with van der Waals surface area (Å²) in [6.45, 7) is 0.857. The molecule has 0 saturated carbocycles. The number of halogens is 2. The van der Waals surface area contributed by atoms with E-state index in [0.717, 1.165) is 11.1 Å². The number of carboxylic acid groups (broad SMARTS) is 1. The number of aliphatic carboxylic acids is 1. The van der Waals surface area contributed by atoms with Gasteiger partial charge in [0.2, 0.25) is 5.91 Å². The summed E-state index contributed by atoms with van der Waals surface area (Å²) in [5, 5.41) is 11.9. The minimum Gasteiger partial charge on any atom is -0.479 e. The van der Waals surface area contributed by atoms with E-state index in [-0.39, 0.29) is 12.2 Å². The van der Waals surface area contributed by atoms with Crippen LogP contribution in [-0.4, -0.2) is 23.6 Å². The van der Waals surface area contributed by atoms with E-state index in [4.69, 9.17) is 0 Å². The monoisotopic (exact) mass is 363 g/mol. The zero-order valence-electron chi connectivity index (χ0n) is 14.3. The molecule has 1 unspecified atom stereocenters. The number of amides is 1. The number of alkyl halides is 2. The average Bonchev–Trinajstić information content (AvgIpc) is 2.56. The Morgan fingerprint density at radius 3 is 2.27 bits per heavy atom. The second-order valence-electron chi connectivity index (χ2n) is 5.88. The van der Waals surface area contributed by atoms with Crippen LogP contribution in [0.1, 0.15) is 28.3 Å². The Kier molecular flexibility index (Phi) is 6.27. The Balaban J connectivity index is 2.05. The van der Waals surface area contributed by atoms with Crippen molar-refractivity contribution in [2.24, 2.45) is 0 Å². The molecule has 0 spiro atoms. The highest BCUT2D eigenvalue weighted by Gasteiger charge is 2.22. The van der Waals surface area contributed by atoms with E-state index in [2.05, 4.69) is 10.1 Å². The van der Waals surface area contributed by atoms with Crippen molar-refractivity contribution in [2.75, 3.05) is 0 Å². The lowest BCUT2D eigenvalue weighted by atomic mass is 10.0. The van der Waals surface area contributed by atoms with Crippen molar-refractivity contribution < 1.29 is 28.2 Å². The van der Waals surface area contributed by atoms with E-state index in [1.54, 1.807) is 18.2 Å². The molecule has 0 fully saturated rings. The number of hydrogen-bond donors (Lipinski definition) is 2. The van der Waals surface area contributed by atoms with Gasteiger partial charge in [-0.05, 0) is 48.2 Å². The Morgan fingerprint density at radius 2 is 1.73 bits per heavy atom. The second kappa shape index (κ2) is 8.42. The number of nitrogens with one attached hydrogen (secondary N) is 1. The third-order valence-electron chi connectivity index (χ3n) is 3.93. The maximum absolute atomic E-state index is 12.2. The topological polar surface area (TPSA) is 75.6 Å². The Morgan fingerprint density at radius 1 is 1.08 bits per heavy atom. The Hall–Kier alpha value is -2.96. The third kappa shape index (κ3) is 5.27. The first-order chi connectivity index (χ1) is 12.3. The highest BCUT2D eigenvalue weighted by molar-refractivity contribution is 5.85. The summed E-state index contributed by atoms with van der Waals surface area (Å²) >= 11 is 0. The van der Waals surface area contributed by atoms with Gasteiger partial charge < -0.3 is 15.2 Å². The van der Waals surface area contributed by atoms with Crippen molar-refractivity contribution in [1.82, 2.24) is 5.32 Å². The Bertz CT molecular complexity index is 791. The number of aryl methyl sites for hydroxylation is 2. The maximum atomic E-state index is 12.2. The minimum atomic E-state index is -2.92. The molecule has 1 atom stereocenters. The lowest BCUT2D eigenvalue weighted by Gasteiger charge is -2.16. The van der Waals surface area contributed by atoms with Crippen molar-refractivity contribution in [3.05, 3.63) is 64.7 Å². The fourth-order valence-corrected chi connectivity index (χ4v) is 2.42. The van der Waals surface area contributed by atoms with Gasteiger partial charge in [0.05, 0.1) is 6.42 Å². The molecule has 2 aromatic carbocycles. The first kappa shape index (κ1) is 19.4. The second-order valence-corrected chi connectivity index (χ2v) is 5.88. The SMILES string of the molecule is Cc1ccc(C(NC(=O)Cc2ccc(OC(F)F)cc2)C(=O)O)cc1C. The van der Waals surface area contributed by atoms with Crippen LogP contribution in [0.25, 0.3) is 0 Å². The first-order valence-electron chi connectivity index (χ1n) is 7.89. The smallest absolute Gasteiger partial charge is 0.387 e. The molecule has 0 bridgehead atoms. The highest BCUT2D eigenvalue weighted by atomic mass is 19.3. The number of carbonyl (C=O) groups is 2. The molecule has 5 nitrogen and oxygen atoms in total. The quantitative estimate of drug-likeness (QED) is 0.791. The van der Waals surface area contributed by atoms with Gasteiger partial charge in [-0.2, -0.15) is 8.78 Å². The molecule has 7 heteroatoms. The van der Waals surface area contributed by atoms with E-state index in [9.17, 15) is 23.5 Å². The number of ether oxygens (including phenoxy) is 1. The van der Waals surface area contributed by atoms with Gasteiger partial charge in [0.1, 0.15) is 5.75 Å². The molecule has 1 amide bonds. The summed E-state index contributed by atoms with van der Waals surface area (Å²) < 4.78 is 28.5. The van der Waals surface area contributed by atoms with Crippen molar-refractivity contribution in [2.45, 2.75) is 32.9 Å². The molecule has 0 heterocycles. The molecular formula is C19H19F2NO4. The molecule has 0 aliphatic carbocycles. The van der Waals surface area contributed by atoms with Gasteiger partial charge in [-0.25, -0.2) is 4.79 Å². The molecule has 0 aliphatic rings. The van der Waals surface area contributed by atoms with Crippen LogP contribution in [0.4, 0.5) is 8.78 Å². The summed E-state index contributed by atoms with van der Waals surface area (Å²) in [6.07, 6.45) is -0.0798. The number of carbonyl (C=O) groups excluding carboxylic acids is 1. The molecule has 0 radical (unpaired) electrons. The van der Waals surface area contributed by atoms with Crippen LogP contribution in [0.3, 0.4) is 0 Å². The van der Waals surface area contributed by atoms with Crippen molar-refractivity contribution in [3.63, 3.8) is 0 Å². The van der Waals surface area contributed by atoms with E-state index >= 15 is 0 Å². The normalized spacial score (nSPS) is 11.9. The fraction of sp³-hybridized carbons (Fsp3) is 0.263. The number of carboxylic acids is 1. The van der Waals surface area contributed by atoms with Gasteiger partial charge in [-0.3, -0.25) is 4.79 Å². The largest absolute Gasteiger partial charge is 0.479 e. The van der Waals surface area contributed by atoms with Crippen LogP contribution in [0.5, 0.6) is 5.75 Å². The number of rotatable bonds is 7. The summed E-state index contributed by atoms with van der Waals surface area (Å²) in [5.41, 5.74) is 2.98. The summed E-state index contributed by atoms with van der Waals surface area (Å²) in [4.78, 5) is 23.7. The summed E-state index contributed by atoms with van der Waals surface area (Å²) in [7, 11) is 0. The van der Waals surface area contributed by atoms with Gasteiger partial charge in [0, 0.05) is 0 Å². The van der Waals surface area contributed by atoms with Crippen LogP contribution in [0, 0.1) is 13.8 Å². The van der Waals surface area contributed by atoms with Crippen LogP contribution in [0.2, 0.25) is 0 Å². The van der Waals surface area contributed by atoms with Crippen LogP contribution >= 0.6 is 0 Å². The van der Waals surface area contributed by atoms with Gasteiger partial charge >= 0.3 is 12.6 Å². The number of hydrogen-bond acceptors (Lipinski definition) is 3. The molecule has 2 N–H and O–H groups in total. The van der Waals surface area contributed by atoms with E-state index < -0.39 is 24.5 Å². The van der Waals surface area contributed by atoms with Gasteiger partial charge in [0.15, 0.2) is 6.04 Å². The van der Waals surface area contributed by atoms with E-state index in [1.807, 2.05) is 13.8 Å². The van der Waals surface area contributed by atoms with Crippen LogP contribution in [-0.2, 0) is 16.0 Å². The lowest BCUT2D eigenvalue weighted by Crippen LogP contribution is -2.34. The minimum absolute atomic E-state index is 0.0114. The zero-order valence-corrected chi connectivity index (χ0v) is 14.3. The lowest BCUT2D eigenvalue weighted by molar-refractivity contribution is -0.142. The molecule has 0 saturated heterocycles. The average molecular weight is 363 g/mol. The van der Waals surface area contributed by atoms with Crippen molar-refractivity contribution >= 4 is 11.9 Å².